The largest absolute Gasteiger partial charge is 0.493 e. The Morgan fingerprint density at radius 1 is 1.00 bits per heavy atom. The molecule has 0 aliphatic heterocycles. The Balaban J connectivity index is 2.10. The van der Waals surface area contributed by atoms with Crippen LogP contribution in [0.4, 0.5) is 11.4 Å². The predicted molar refractivity (Wildman–Crippen MR) is 113 cm³/mol. The lowest BCUT2D eigenvalue weighted by molar-refractivity contribution is -0.112. The number of amides is 2. The Morgan fingerprint density at radius 2 is 1.60 bits per heavy atom. The molecule has 1 atom stereocenters. The van der Waals surface area contributed by atoms with Gasteiger partial charge in [-0.15, -0.1) is 0 Å². The van der Waals surface area contributed by atoms with Gasteiger partial charge in [0.1, 0.15) is 0 Å². The number of anilines is 2. The molecule has 30 heavy (non-hydrogen) atoms. The lowest BCUT2D eigenvalue weighted by Gasteiger charge is -2.18. The van der Waals surface area contributed by atoms with E-state index in [-0.39, 0.29) is 11.5 Å². The zero-order valence-electron chi connectivity index (χ0n) is 17.2. The second kappa shape index (κ2) is 10.2. The number of ether oxygens (including phenoxy) is 3. The molecular weight excluding hydrogens is 390 g/mol. The van der Waals surface area contributed by atoms with Gasteiger partial charge in [-0.3, -0.25) is 9.59 Å². The van der Waals surface area contributed by atoms with Gasteiger partial charge in [-0.25, -0.2) is 0 Å². The van der Waals surface area contributed by atoms with Crippen molar-refractivity contribution >= 4 is 23.2 Å². The minimum absolute atomic E-state index is 0.202. The van der Waals surface area contributed by atoms with E-state index in [9.17, 15) is 14.7 Å². The number of rotatable bonds is 9. The monoisotopic (exact) mass is 415 g/mol. The summed E-state index contributed by atoms with van der Waals surface area (Å²) in [5.41, 5.74) is 1.56. The number of aliphatic hydroxyl groups excluding tert-OH is 1. The molecule has 9 nitrogen and oxygen atoms in total. The first-order chi connectivity index (χ1) is 14.3. The molecular formula is C21H25N3O6. The second-order valence-electron chi connectivity index (χ2n) is 6.25. The van der Waals surface area contributed by atoms with E-state index < -0.39 is 12.3 Å². The van der Waals surface area contributed by atoms with E-state index in [4.69, 9.17) is 14.2 Å². The van der Waals surface area contributed by atoms with Crippen molar-refractivity contribution in [3.63, 3.8) is 0 Å². The minimum atomic E-state index is -1.40. The first-order valence-corrected chi connectivity index (χ1v) is 8.91. The number of hydrogen-bond donors (Lipinski definition) is 4. The third-order valence-corrected chi connectivity index (χ3v) is 4.01. The highest BCUT2D eigenvalue weighted by atomic mass is 16.5. The van der Waals surface area contributed by atoms with Gasteiger partial charge in [-0.2, -0.15) is 0 Å². The van der Waals surface area contributed by atoms with Crippen molar-refractivity contribution in [3.8, 4) is 17.2 Å². The van der Waals surface area contributed by atoms with Crippen LogP contribution in [-0.2, 0) is 4.79 Å². The van der Waals surface area contributed by atoms with Gasteiger partial charge < -0.3 is 35.3 Å². The highest BCUT2D eigenvalue weighted by Crippen LogP contribution is 2.38. The van der Waals surface area contributed by atoms with Gasteiger partial charge in [0.2, 0.25) is 12.1 Å². The molecule has 0 fully saturated rings. The highest BCUT2D eigenvalue weighted by Gasteiger charge is 2.18. The van der Waals surface area contributed by atoms with Gasteiger partial charge in [-0.1, -0.05) is 12.6 Å². The van der Waals surface area contributed by atoms with Gasteiger partial charge in [0, 0.05) is 22.5 Å². The van der Waals surface area contributed by atoms with E-state index in [0.29, 0.717) is 34.2 Å². The average molecular weight is 415 g/mol. The van der Waals surface area contributed by atoms with Crippen molar-refractivity contribution in [3.05, 3.63) is 54.1 Å². The van der Waals surface area contributed by atoms with Gasteiger partial charge in [0.25, 0.3) is 11.8 Å². The molecule has 160 valence electrons. The third-order valence-electron chi connectivity index (χ3n) is 4.01. The molecule has 0 saturated heterocycles. The fourth-order valence-electron chi connectivity index (χ4n) is 2.54. The summed E-state index contributed by atoms with van der Waals surface area (Å²) in [4.78, 5) is 24.3. The van der Waals surface area contributed by atoms with Gasteiger partial charge in [0.15, 0.2) is 11.5 Å². The third kappa shape index (κ3) is 5.65. The van der Waals surface area contributed by atoms with E-state index in [1.165, 1.54) is 33.5 Å². The predicted octanol–water partition coefficient (Wildman–Crippen LogP) is 2.34. The summed E-state index contributed by atoms with van der Waals surface area (Å²) < 4.78 is 15.7. The van der Waals surface area contributed by atoms with E-state index in [0.717, 1.165) is 0 Å². The standard InChI is InChI=1S/C21H25N3O6/c1-12(2)19(25)22-14-7-6-8-15(11-14)23-21(27)24-20(26)13-9-16(28-3)18(30-5)17(10-13)29-4/h6-11,21,23,27H,1H2,2-5H3,(H,22,25)(H,24,26). The number of methoxy groups -OCH3 is 3. The SMILES string of the molecule is C=C(C)C(=O)Nc1cccc(NC(O)NC(=O)c2cc(OC)c(OC)c(OC)c2)c1. The number of carbonyl (C=O) groups is 2. The molecule has 0 radical (unpaired) electrons. The Bertz CT molecular complexity index is 919. The maximum atomic E-state index is 12.5. The van der Waals surface area contributed by atoms with Crippen LogP contribution < -0.4 is 30.2 Å². The summed E-state index contributed by atoms with van der Waals surface area (Å²) in [5, 5.41) is 18.0. The van der Waals surface area contributed by atoms with Crippen LogP contribution in [0, 0.1) is 0 Å². The zero-order valence-corrected chi connectivity index (χ0v) is 17.2. The first kappa shape index (κ1) is 22.6. The van der Waals surface area contributed by atoms with Crippen LogP contribution in [0.1, 0.15) is 17.3 Å². The van der Waals surface area contributed by atoms with Crippen molar-refractivity contribution in [2.75, 3.05) is 32.0 Å². The molecule has 4 N–H and O–H groups in total. The van der Waals surface area contributed by atoms with Crippen molar-refractivity contribution in [1.29, 1.82) is 0 Å². The summed E-state index contributed by atoms with van der Waals surface area (Å²) in [7, 11) is 4.34. The van der Waals surface area contributed by atoms with E-state index in [1.807, 2.05) is 0 Å². The summed E-state index contributed by atoms with van der Waals surface area (Å²) in [6, 6.07) is 9.59. The van der Waals surface area contributed by atoms with Crippen LogP contribution >= 0.6 is 0 Å². The smallest absolute Gasteiger partial charge is 0.254 e. The molecule has 2 aromatic carbocycles. The average Bonchev–Trinajstić information content (AvgIpc) is 2.72. The number of hydrogen-bond acceptors (Lipinski definition) is 7. The van der Waals surface area contributed by atoms with Gasteiger partial charge in [-0.05, 0) is 37.3 Å². The lowest BCUT2D eigenvalue weighted by atomic mass is 10.1. The molecule has 0 aliphatic rings. The van der Waals surface area contributed by atoms with E-state index >= 15 is 0 Å². The van der Waals surface area contributed by atoms with Crippen LogP contribution in [-0.4, -0.2) is 44.6 Å². The van der Waals surface area contributed by atoms with Crippen LogP contribution in [0.15, 0.2) is 48.6 Å². The van der Waals surface area contributed by atoms with Crippen LogP contribution in [0.5, 0.6) is 17.2 Å². The summed E-state index contributed by atoms with van der Waals surface area (Å²) in [6.07, 6.45) is -1.40. The molecule has 0 aliphatic carbocycles. The maximum absolute atomic E-state index is 12.5. The van der Waals surface area contributed by atoms with E-state index in [1.54, 1.807) is 31.2 Å². The molecule has 9 heteroatoms. The highest BCUT2D eigenvalue weighted by molar-refractivity contribution is 6.03. The molecule has 0 heterocycles. The fraction of sp³-hybridized carbons (Fsp3) is 0.238. The lowest BCUT2D eigenvalue weighted by Crippen LogP contribution is -2.40. The molecule has 2 amide bonds. The molecule has 2 aromatic rings. The molecule has 2 rings (SSSR count). The molecule has 0 spiro atoms. The Morgan fingerprint density at radius 3 is 2.13 bits per heavy atom. The Hall–Kier alpha value is -3.72. The molecule has 1 unspecified atom stereocenters. The topological polar surface area (TPSA) is 118 Å². The zero-order chi connectivity index (χ0) is 22.3. The van der Waals surface area contributed by atoms with Crippen LogP contribution in [0.2, 0.25) is 0 Å². The Labute approximate surface area is 174 Å². The fourth-order valence-corrected chi connectivity index (χ4v) is 2.54. The molecule has 0 bridgehead atoms. The van der Waals surface area contributed by atoms with Crippen molar-refractivity contribution in [2.45, 2.75) is 13.3 Å². The van der Waals surface area contributed by atoms with Crippen molar-refractivity contribution in [1.82, 2.24) is 5.32 Å². The van der Waals surface area contributed by atoms with E-state index in [2.05, 4.69) is 22.5 Å². The van der Waals surface area contributed by atoms with Crippen molar-refractivity contribution < 1.29 is 28.9 Å². The number of nitrogens with one attached hydrogen (secondary N) is 3. The summed E-state index contributed by atoms with van der Waals surface area (Å²) in [5.74, 6) is 0.0871. The Kier molecular flexibility index (Phi) is 7.65. The molecule has 0 saturated carbocycles. The van der Waals surface area contributed by atoms with Crippen molar-refractivity contribution in [2.24, 2.45) is 0 Å². The quantitative estimate of drug-likeness (QED) is 0.367. The minimum Gasteiger partial charge on any atom is -0.493 e. The number of carbonyl (C=O) groups excluding carboxylic acids is 2. The maximum Gasteiger partial charge on any atom is 0.254 e. The van der Waals surface area contributed by atoms with Gasteiger partial charge >= 0.3 is 0 Å². The van der Waals surface area contributed by atoms with Crippen LogP contribution in [0.25, 0.3) is 0 Å². The summed E-state index contributed by atoms with van der Waals surface area (Å²) in [6.45, 7) is 5.18. The van der Waals surface area contributed by atoms with Crippen LogP contribution in [0.3, 0.4) is 0 Å². The van der Waals surface area contributed by atoms with Gasteiger partial charge in [0.05, 0.1) is 21.3 Å². The second-order valence-corrected chi connectivity index (χ2v) is 6.25. The number of benzene rings is 2. The number of aliphatic hydroxyl groups is 1. The normalized spacial score (nSPS) is 11.1. The molecule has 0 aromatic heterocycles. The summed E-state index contributed by atoms with van der Waals surface area (Å²) >= 11 is 0. The first-order valence-electron chi connectivity index (χ1n) is 8.91.